The fourth-order valence-corrected chi connectivity index (χ4v) is 4.73. The maximum Gasteiger partial charge on any atom is 0.282 e. The number of hydrogen-bond donors (Lipinski definition) is 2. The summed E-state index contributed by atoms with van der Waals surface area (Å²) in [7, 11) is 0. The first-order valence-corrected chi connectivity index (χ1v) is 13.4. The molecule has 214 valence electrons. The van der Waals surface area contributed by atoms with E-state index in [2.05, 4.69) is 57.9 Å². The van der Waals surface area contributed by atoms with Crippen LogP contribution in [0.1, 0.15) is 40.9 Å². The Labute approximate surface area is 237 Å². The van der Waals surface area contributed by atoms with Crippen LogP contribution in [0.5, 0.6) is 0 Å². The molecular formula is C31H34N4O6. The molecule has 1 aliphatic rings. The van der Waals surface area contributed by atoms with Crippen LogP contribution in [0.2, 0.25) is 0 Å². The summed E-state index contributed by atoms with van der Waals surface area (Å²) in [4.78, 5) is 37.6. The van der Waals surface area contributed by atoms with Crippen LogP contribution in [0, 0.1) is 6.92 Å². The highest BCUT2D eigenvalue weighted by molar-refractivity contribution is 6.08. The molecule has 0 radical (unpaired) electrons. The van der Waals surface area contributed by atoms with Gasteiger partial charge in [0.1, 0.15) is 13.2 Å². The summed E-state index contributed by atoms with van der Waals surface area (Å²) in [5.41, 5.74) is 4.09. The normalized spacial score (nSPS) is 13.4. The number of nitrogens with zero attached hydrogens (tertiary/aromatic N) is 4. The number of allylic oxidation sites excluding steroid dienone is 3. The third-order valence-corrected chi connectivity index (χ3v) is 6.95. The molecule has 2 N–H and O–H groups in total. The zero-order chi connectivity index (χ0) is 29.4. The van der Waals surface area contributed by atoms with Gasteiger partial charge in [0.15, 0.2) is 5.49 Å². The first-order valence-electron chi connectivity index (χ1n) is 13.4. The third-order valence-electron chi connectivity index (χ3n) is 6.95. The Morgan fingerprint density at radius 1 is 0.927 bits per heavy atom. The average Bonchev–Trinajstić information content (AvgIpc) is 3.33. The molecule has 0 spiro atoms. The van der Waals surface area contributed by atoms with Gasteiger partial charge in [-0.15, -0.1) is 5.10 Å². The van der Waals surface area contributed by atoms with Crippen molar-refractivity contribution in [3.63, 3.8) is 0 Å². The Hall–Kier alpha value is -4.35. The molecule has 0 unspecified atom stereocenters. The van der Waals surface area contributed by atoms with Crippen molar-refractivity contribution in [2.24, 2.45) is 5.10 Å². The van der Waals surface area contributed by atoms with Gasteiger partial charge in [0, 0.05) is 24.0 Å². The lowest BCUT2D eigenvalue weighted by Gasteiger charge is -2.20. The quantitative estimate of drug-likeness (QED) is 0.198. The Morgan fingerprint density at radius 2 is 1.63 bits per heavy atom. The molecule has 0 bridgehead atoms. The van der Waals surface area contributed by atoms with Gasteiger partial charge in [-0.2, -0.15) is 5.01 Å². The van der Waals surface area contributed by atoms with Crippen LogP contribution >= 0.6 is 0 Å². The maximum atomic E-state index is 13.5. The van der Waals surface area contributed by atoms with Gasteiger partial charge in [0.2, 0.25) is 0 Å². The predicted molar refractivity (Wildman–Crippen MR) is 158 cm³/mol. The number of anilines is 2. The number of carbonyl (C=O) groups excluding carboxylic acids is 1. The number of benzene rings is 2. The lowest BCUT2D eigenvalue weighted by molar-refractivity contribution is -0.253. The van der Waals surface area contributed by atoms with Gasteiger partial charge in [-0.05, 0) is 67.8 Å². The Kier molecular flexibility index (Phi) is 9.99. The van der Waals surface area contributed by atoms with Gasteiger partial charge in [-0.1, -0.05) is 48.6 Å². The summed E-state index contributed by atoms with van der Waals surface area (Å²) < 4.78 is 1.33. The fraction of sp³-hybridized carbons (Fsp3) is 0.258. The Balaban J connectivity index is 1.64. The molecule has 0 saturated heterocycles. The van der Waals surface area contributed by atoms with E-state index < -0.39 is 0 Å². The fourth-order valence-electron chi connectivity index (χ4n) is 4.73. The van der Waals surface area contributed by atoms with Crippen LogP contribution in [-0.2, 0) is 22.9 Å². The van der Waals surface area contributed by atoms with Crippen molar-refractivity contribution >= 4 is 29.4 Å². The molecule has 1 aromatic heterocycles. The lowest BCUT2D eigenvalue weighted by atomic mass is 10.1. The smallest absolute Gasteiger partial charge is 0.282 e. The average molecular weight is 559 g/mol. The van der Waals surface area contributed by atoms with Crippen LogP contribution < -0.4 is 26.2 Å². The zero-order valence-electron chi connectivity index (χ0n) is 23.4. The molecular weight excluding hydrogens is 524 g/mol. The molecule has 3 aromatic rings. The minimum atomic E-state index is -0.381. The SMILES string of the molecule is CCN(CC)c1ccc(/C=C/C=C\C=c2\c(C)c3c(n(CCOO)c2=O)=NN(c2ccc(COO)cc2)C3=O)cc1. The number of rotatable bonds is 12. The maximum absolute atomic E-state index is 13.5. The van der Waals surface area contributed by atoms with Crippen LogP contribution in [0.4, 0.5) is 11.4 Å². The summed E-state index contributed by atoms with van der Waals surface area (Å²) in [6.07, 6.45) is 9.10. The van der Waals surface area contributed by atoms with Crippen molar-refractivity contribution in [2.45, 2.75) is 33.9 Å². The zero-order valence-corrected chi connectivity index (χ0v) is 23.4. The van der Waals surface area contributed by atoms with Crippen LogP contribution in [0.25, 0.3) is 12.2 Å². The number of amides is 1. The molecule has 1 aliphatic heterocycles. The molecule has 0 fully saturated rings. The summed E-state index contributed by atoms with van der Waals surface area (Å²) in [6, 6.07) is 15.1. The van der Waals surface area contributed by atoms with E-state index in [9.17, 15) is 9.59 Å². The second kappa shape index (κ2) is 13.8. The van der Waals surface area contributed by atoms with Crippen LogP contribution in [0.3, 0.4) is 0 Å². The summed E-state index contributed by atoms with van der Waals surface area (Å²) in [6.45, 7) is 7.75. The molecule has 10 nitrogen and oxygen atoms in total. The van der Waals surface area contributed by atoms with E-state index in [1.807, 2.05) is 18.2 Å². The lowest BCUT2D eigenvalue weighted by Crippen LogP contribution is -2.46. The molecule has 2 heterocycles. The van der Waals surface area contributed by atoms with E-state index in [0.29, 0.717) is 27.6 Å². The van der Waals surface area contributed by atoms with Gasteiger partial charge in [-0.3, -0.25) is 24.7 Å². The number of hydrogen-bond acceptors (Lipinski definition) is 8. The minimum Gasteiger partial charge on any atom is -0.372 e. The topological polar surface area (TPSA) is 117 Å². The van der Waals surface area contributed by atoms with Gasteiger partial charge >= 0.3 is 0 Å². The van der Waals surface area contributed by atoms with E-state index in [1.165, 1.54) is 15.3 Å². The van der Waals surface area contributed by atoms with Gasteiger partial charge < -0.3 is 4.90 Å². The largest absolute Gasteiger partial charge is 0.372 e. The molecule has 41 heavy (non-hydrogen) atoms. The van der Waals surface area contributed by atoms with Gasteiger partial charge in [0.25, 0.3) is 11.5 Å². The van der Waals surface area contributed by atoms with Crippen LogP contribution in [-0.4, -0.2) is 40.7 Å². The van der Waals surface area contributed by atoms with E-state index in [1.54, 1.807) is 43.3 Å². The Morgan fingerprint density at radius 3 is 2.27 bits per heavy atom. The monoisotopic (exact) mass is 558 g/mol. The van der Waals surface area contributed by atoms with Crippen molar-refractivity contribution in [1.82, 2.24) is 4.57 Å². The van der Waals surface area contributed by atoms with E-state index >= 15 is 0 Å². The molecule has 0 aliphatic carbocycles. The summed E-state index contributed by atoms with van der Waals surface area (Å²) in [5, 5.41) is 23.6. The van der Waals surface area contributed by atoms with Gasteiger partial charge in [-0.25, -0.2) is 9.78 Å². The predicted octanol–water partition coefficient (Wildman–Crippen LogP) is 3.73. The minimum absolute atomic E-state index is 0.00326. The number of pyridine rings is 1. The Bertz CT molecular complexity index is 1600. The van der Waals surface area contributed by atoms with E-state index in [0.717, 1.165) is 18.7 Å². The summed E-state index contributed by atoms with van der Waals surface area (Å²) >= 11 is 0. The highest BCUT2D eigenvalue weighted by Gasteiger charge is 2.30. The van der Waals surface area contributed by atoms with Crippen molar-refractivity contribution in [2.75, 3.05) is 29.6 Å². The molecule has 10 heteroatoms. The second-order valence-corrected chi connectivity index (χ2v) is 9.36. The first kappa shape index (κ1) is 29.6. The number of aromatic nitrogens is 1. The molecule has 0 saturated carbocycles. The van der Waals surface area contributed by atoms with Crippen molar-refractivity contribution in [3.05, 3.63) is 110 Å². The molecule has 0 atom stereocenters. The number of fused-ring (bicyclic) bond motifs is 1. The van der Waals surface area contributed by atoms with Crippen molar-refractivity contribution < 1.29 is 25.1 Å². The standard InChI is InChI=1S/C31H34N4O6/c1-4-33(5-2)25-15-11-23(12-16-25)9-7-6-8-10-27-22(3)28-29(34(30(27)36)19-20-40-38)32-35(31(28)37)26-17-13-24(14-18-26)21-41-39/h6-18,38-39H,4-5,19-21H2,1-3H3/b8-6-,9-7+,27-10-. The first-order chi connectivity index (χ1) is 19.9. The van der Waals surface area contributed by atoms with Gasteiger partial charge in [0.05, 0.1) is 17.8 Å². The van der Waals surface area contributed by atoms with Crippen molar-refractivity contribution in [1.29, 1.82) is 0 Å². The third kappa shape index (κ3) is 6.53. The second-order valence-electron chi connectivity index (χ2n) is 9.36. The molecule has 2 aromatic carbocycles. The molecule has 4 rings (SSSR count). The van der Waals surface area contributed by atoms with E-state index in [4.69, 9.17) is 10.5 Å². The highest BCUT2D eigenvalue weighted by atomic mass is 17.1. The van der Waals surface area contributed by atoms with E-state index in [-0.39, 0.29) is 36.7 Å². The van der Waals surface area contributed by atoms with Crippen LogP contribution in [0.15, 0.2) is 76.7 Å². The molecule has 1 amide bonds. The summed E-state index contributed by atoms with van der Waals surface area (Å²) in [5.74, 6) is -0.381. The highest BCUT2D eigenvalue weighted by Crippen LogP contribution is 2.21. The number of carbonyl (C=O) groups is 1. The van der Waals surface area contributed by atoms with Crippen molar-refractivity contribution in [3.8, 4) is 0 Å².